The number of rotatable bonds is 3. The standard InChI is InChI=1S/C13H20/c1-6-11-7-8-12(9(2)3)13(11)10(4)5/h6,11-13H,1-2,4,7-8H2,3,5H3. The zero-order chi connectivity index (χ0) is 10.0. The van der Waals surface area contributed by atoms with Gasteiger partial charge in [0.15, 0.2) is 0 Å². The molecule has 0 aromatic heterocycles. The Labute approximate surface area is 82.0 Å². The molecule has 0 aliphatic heterocycles. The number of allylic oxidation sites excluding steroid dienone is 3. The molecule has 1 aliphatic carbocycles. The number of hydrogen-bond donors (Lipinski definition) is 0. The molecule has 3 atom stereocenters. The van der Waals surface area contributed by atoms with Gasteiger partial charge < -0.3 is 0 Å². The molecular formula is C13H20. The first-order valence-corrected chi connectivity index (χ1v) is 5.01. The first kappa shape index (κ1) is 10.3. The van der Waals surface area contributed by atoms with Crippen molar-refractivity contribution < 1.29 is 0 Å². The second-order valence-corrected chi connectivity index (χ2v) is 4.30. The van der Waals surface area contributed by atoms with Gasteiger partial charge >= 0.3 is 0 Å². The van der Waals surface area contributed by atoms with Crippen LogP contribution < -0.4 is 0 Å². The van der Waals surface area contributed by atoms with Crippen molar-refractivity contribution in [2.24, 2.45) is 17.8 Å². The average molecular weight is 176 g/mol. The van der Waals surface area contributed by atoms with Gasteiger partial charge in [-0.15, -0.1) is 6.58 Å². The van der Waals surface area contributed by atoms with E-state index >= 15 is 0 Å². The summed E-state index contributed by atoms with van der Waals surface area (Å²) >= 11 is 0. The molecule has 0 amide bonds. The normalized spacial score (nSPS) is 32.9. The molecule has 1 aliphatic rings. The van der Waals surface area contributed by atoms with Crippen LogP contribution in [-0.4, -0.2) is 0 Å². The van der Waals surface area contributed by atoms with Crippen LogP contribution in [0.25, 0.3) is 0 Å². The molecule has 0 saturated heterocycles. The summed E-state index contributed by atoms with van der Waals surface area (Å²) in [5, 5.41) is 0. The zero-order valence-corrected chi connectivity index (χ0v) is 8.84. The first-order chi connectivity index (χ1) is 6.07. The van der Waals surface area contributed by atoms with Gasteiger partial charge in [0.25, 0.3) is 0 Å². The molecule has 1 saturated carbocycles. The summed E-state index contributed by atoms with van der Waals surface area (Å²) in [5.41, 5.74) is 2.59. The molecule has 1 rings (SSSR count). The van der Waals surface area contributed by atoms with E-state index in [1.54, 1.807) is 0 Å². The minimum absolute atomic E-state index is 0.593. The molecule has 0 nitrogen and oxygen atoms in total. The maximum absolute atomic E-state index is 4.08. The summed E-state index contributed by atoms with van der Waals surface area (Å²) in [6.07, 6.45) is 4.59. The second kappa shape index (κ2) is 3.95. The maximum Gasteiger partial charge on any atom is -0.00804 e. The third-order valence-electron chi connectivity index (χ3n) is 3.21. The summed E-state index contributed by atoms with van der Waals surface area (Å²) in [6.45, 7) is 16.3. The van der Waals surface area contributed by atoms with E-state index < -0.39 is 0 Å². The van der Waals surface area contributed by atoms with E-state index in [1.807, 2.05) is 0 Å². The minimum Gasteiger partial charge on any atom is -0.103 e. The van der Waals surface area contributed by atoms with Crippen molar-refractivity contribution in [3.8, 4) is 0 Å². The van der Waals surface area contributed by atoms with Crippen molar-refractivity contribution in [2.75, 3.05) is 0 Å². The van der Waals surface area contributed by atoms with Crippen LogP contribution in [0.1, 0.15) is 26.7 Å². The SMILES string of the molecule is C=CC1CCC(C(=C)C)C1C(=C)C. The lowest BCUT2D eigenvalue weighted by Crippen LogP contribution is -2.15. The molecular weight excluding hydrogens is 156 g/mol. The van der Waals surface area contributed by atoms with Crippen molar-refractivity contribution in [2.45, 2.75) is 26.7 Å². The van der Waals surface area contributed by atoms with Crippen molar-refractivity contribution in [3.05, 3.63) is 37.0 Å². The van der Waals surface area contributed by atoms with Gasteiger partial charge in [0, 0.05) is 0 Å². The van der Waals surface area contributed by atoms with Crippen LogP contribution >= 0.6 is 0 Å². The van der Waals surface area contributed by atoms with Gasteiger partial charge in [0.2, 0.25) is 0 Å². The van der Waals surface area contributed by atoms with Crippen LogP contribution in [0.2, 0.25) is 0 Å². The van der Waals surface area contributed by atoms with Crippen molar-refractivity contribution in [1.29, 1.82) is 0 Å². The fraction of sp³-hybridized carbons (Fsp3) is 0.538. The molecule has 13 heavy (non-hydrogen) atoms. The Bertz CT molecular complexity index is 234. The van der Waals surface area contributed by atoms with E-state index in [9.17, 15) is 0 Å². The Kier molecular flexibility index (Phi) is 3.13. The van der Waals surface area contributed by atoms with Gasteiger partial charge in [-0.05, 0) is 44.4 Å². The summed E-state index contributed by atoms with van der Waals surface area (Å²) < 4.78 is 0. The molecule has 0 N–H and O–H groups in total. The average Bonchev–Trinajstić information content (AvgIpc) is 2.46. The highest BCUT2D eigenvalue weighted by Crippen LogP contribution is 2.44. The highest BCUT2D eigenvalue weighted by molar-refractivity contribution is 5.16. The lowest BCUT2D eigenvalue weighted by molar-refractivity contribution is 0.451. The molecule has 0 heteroatoms. The highest BCUT2D eigenvalue weighted by Gasteiger charge is 2.34. The molecule has 0 radical (unpaired) electrons. The lowest BCUT2D eigenvalue weighted by atomic mass is 9.81. The van der Waals surface area contributed by atoms with Gasteiger partial charge in [-0.2, -0.15) is 0 Å². The van der Waals surface area contributed by atoms with Crippen molar-refractivity contribution in [3.63, 3.8) is 0 Å². The van der Waals surface area contributed by atoms with Gasteiger partial charge in [-0.3, -0.25) is 0 Å². The molecule has 0 aromatic rings. The first-order valence-electron chi connectivity index (χ1n) is 5.01. The van der Waals surface area contributed by atoms with Crippen molar-refractivity contribution >= 4 is 0 Å². The van der Waals surface area contributed by atoms with Crippen LogP contribution in [0.15, 0.2) is 37.0 Å². The third kappa shape index (κ3) is 1.93. The van der Waals surface area contributed by atoms with Crippen LogP contribution in [0.3, 0.4) is 0 Å². The minimum atomic E-state index is 0.593. The van der Waals surface area contributed by atoms with E-state index in [0.29, 0.717) is 17.8 Å². The van der Waals surface area contributed by atoms with Crippen LogP contribution in [0, 0.1) is 17.8 Å². The predicted octanol–water partition coefficient (Wildman–Crippen LogP) is 3.97. The summed E-state index contributed by atoms with van der Waals surface area (Å²) in [4.78, 5) is 0. The fourth-order valence-electron chi connectivity index (χ4n) is 2.56. The van der Waals surface area contributed by atoms with Gasteiger partial charge in [0.1, 0.15) is 0 Å². The highest BCUT2D eigenvalue weighted by atomic mass is 14.4. The summed E-state index contributed by atoms with van der Waals surface area (Å²) in [6, 6.07) is 0. The zero-order valence-electron chi connectivity index (χ0n) is 8.84. The summed E-state index contributed by atoms with van der Waals surface area (Å²) in [5.74, 6) is 1.86. The Morgan fingerprint density at radius 3 is 2.15 bits per heavy atom. The van der Waals surface area contributed by atoms with Crippen LogP contribution in [0.4, 0.5) is 0 Å². The van der Waals surface area contributed by atoms with E-state index in [0.717, 1.165) is 0 Å². The molecule has 3 unspecified atom stereocenters. The number of hydrogen-bond acceptors (Lipinski definition) is 0. The van der Waals surface area contributed by atoms with E-state index in [2.05, 4.69) is 39.7 Å². The topological polar surface area (TPSA) is 0 Å². The molecule has 0 bridgehead atoms. The fourth-order valence-corrected chi connectivity index (χ4v) is 2.56. The maximum atomic E-state index is 4.08. The Morgan fingerprint density at radius 2 is 1.77 bits per heavy atom. The van der Waals surface area contributed by atoms with Gasteiger partial charge in [0.05, 0.1) is 0 Å². The lowest BCUT2D eigenvalue weighted by Gasteiger charge is -2.23. The van der Waals surface area contributed by atoms with Gasteiger partial charge in [-0.1, -0.05) is 30.4 Å². The van der Waals surface area contributed by atoms with Crippen molar-refractivity contribution in [1.82, 2.24) is 0 Å². The monoisotopic (exact) mass is 176 g/mol. The second-order valence-electron chi connectivity index (χ2n) is 4.30. The Balaban J connectivity index is 2.84. The quantitative estimate of drug-likeness (QED) is 0.571. The predicted molar refractivity (Wildman–Crippen MR) is 59.5 cm³/mol. The largest absolute Gasteiger partial charge is 0.103 e. The van der Waals surface area contributed by atoms with Crippen LogP contribution in [-0.2, 0) is 0 Å². The van der Waals surface area contributed by atoms with E-state index in [1.165, 1.54) is 24.0 Å². The Hall–Kier alpha value is -0.780. The van der Waals surface area contributed by atoms with Gasteiger partial charge in [-0.25, -0.2) is 0 Å². The van der Waals surface area contributed by atoms with Crippen LogP contribution in [0.5, 0.6) is 0 Å². The molecule has 0 heterocycles. The molecule has 72 valence electrons. The Morgan fingerprint density at radius 1 is 1.15 bits per heavy atom. The van der Waals surface area contributed by atoms with E-state index in [4.69, 9.17) is 0 Å². The third-order valence-corrected chi connectivity index (χ3v) is 3.21. The molecule has 1 fully saturated rings. The summed E-state index contributed by atoms with van der Waals surface area (Å²) in [7, 11) is 0. The van der Waals surface area contributed by atoms with E-state index in [-0.39, 0.29) is 0 Å². The smallest absolute Gasteiger partial charge is 0.00804 e. The molecule has 0 spiro atoms. The molecule has 0 aromatic carbocycles.